The third kappa shape index (κ3) is 5.38. The summed E-state index contributed by atoms with van der Waals surface area (Å²) < 4.78 is 13.0. The van der Waals surface area contributed by atoms with Gasteiger partial charge in [0.2, 0.25) is 0 Å². The number of nitrogens with zero attached hydrogens (tertiary/aromatic N) is 4. The van der Waals surface area contributed by atoms with E-state index in [-0.39, 0.29) is 23.5 Å². The molecule has 2 aromatic heterocycles. The summed E-state index contributed by atoms with van der Waals surface area (Å²) in [5.41, 5.74) is 4.33. The number of anilines is 1. The molecule has 2 N–H and O–H groups in total. The summed E-state index contributed by atoms with van der Waals surface area (Å²) in [6.45, 7) is 1.82. The molecule has 0 saturated heterocycles. The van der Waals surface area contributed by atoms with Crippen LogP contribution in [-0.2, 0) is 28.8 Å². The number of fused-ring (bicyclic) bond motifs is 1. The van der Waals surface area contributed by atoms with Gasteiger partial charge in [0.15, 0.2) is 17.4 Å². The number of carbonyl (C=O) groups is 2. The first-order valence-corrected chi connectivity index (χ1v) is 13.5. The highest BCUT2D eigenvalue weighted by atomic mass is 32.2. The molecule has 35 heavy (non-hydrogen) atoms. The van der Waals surface area contributed by atoms with Crippen molar-refractivity contribution in [1.29, 1.82) is 0 Å². The lowest BCUT2D eigenvalue weighted by Crippen LogP contribution is -2.41. The molecule has 1 aliphatic carbocycles. The fraction of sp³-hybridized carbons (Fsp3) is 0.400. The highest BCUT2D eigenvalue weighted by Crippen LogP contribution is 2.40. The molecule has 1 saturated carbocycles. The molecule has 2 aliphatic rings. The first kappa shape index (κ1) is 23.5. The minimum atomic E-state index is -1.32. The highest BCUT2D eigenvalue weighted by molar-refractivity contribution is 7.91. The molecule has 1 fully saturated rings. The molecule has 5 rings (SSSR count). The van der Waals surface area contributed by atoms with Crippen LogP contribution in [0.3, 0.4) is 0 Å². The molecule has 1 aliphatic heterocycles. The minimum Gasteiger partial charge on any atom is -0.616 e. The van der Waals surface area contributed by atoms with Gasteiger partial charge in [-0.3, -0.25) is 9.59 Å². The van der Waals surface area contributed by atoms with Crippen molar-refractivity contribution in [2.75, 3.05) is 17.3 Å². The van der Waals surface area contributed by atoms with Crippen molar-refractivity contribution in [2.45, 2.75) is 51.0 Å². The number of aromatic nitrogens is 4. The van der Waals surface area contributed by atoms with Gasteiger partial charge in [-0.2, -0.15) is 14.9 Å². The van der Waals surface area contributed by atoms with E-state index in [9.17, 15) is 14.1 Å². The van der Waals surface area contributed by atoms with Gasteiger partial charge < -0.3 is 15.2 Å². The van der Waals surface area contributed by atoms with Crippen LogP contribution in [0.15, 0.2) is 36.4 Å². The highest BCUT2D eigenvalue weighted by Gasteiger charge is 2.33. The second kappa shape index (κ2) is 9.79. The Morgan fingerprint density at radius 3 is 2.80 bits per heavy atom. The number of carbonyl (C=O) groups excluding carboxylic acids is 2. The number of aryl methyl sites for hydroxylation is 2. The SMILES string of the molecule is Cc1ccc(-n2nc3c(c2NC(=O)C[S+](C)[O-])C(=O)NC(CCc2cccc(C4CC4)c2)C3)nn1. The number of rotatable bonds is 8. The van der Waals surface area contributed by atoms with Gasteiger partial charge in [0.25, 0.3) is 11.8 Å². The van der Waals surface area contributed by atoms with Gasteiger partial charge in [-0.25, -0.2) is 0 Å². The molecule has 2 atom stereocenters. The number of nitrogens with one attached hydrogen (secondary N) is 2. The lowest BCUT2D eigenvalue weighted by molar-refractivity contribution is -0.113. The van der Waals surface area contributed by atoms with Gasteiger partial charge in [-0.05, 0) is 73.0 Å². The largest absolute Gasteiger partial charge is 0.616 e. The second-order valence-electron chi connectivity index (χ2n) is 9.31. The molecule has 9 nitrogen and oxygen atoms in total. The van der Waals surface area contributed by atoms with E-state index in [2.05, 4.69) is 50.2 Å². The maximum atomic E-state index is 13.2. The molecule has 3 aromatic rings. The lowest BCUT2D eigenvalue weighted by Gasteiger charge is -2.23. The van der Waals surface area contributed by atoms with Crippen LogP contribution in [0.25, 0.3) is 5.82 Å². The maximum Gasteiger partial charge on any atom is 0.275 e. The van der Waals surface area contributed by atoms with Gasteiger partial charge >= 0.3 is 0 Å². The Hall–Kier alpha value is -3.24. The van der Waals surface area contributed by atoms with Crippen LogP contribution >= 0.6 is 0 Å². The van der Waals surface area contributed by atoms with Gasteiger partial charge in [-0.15, -0.1) is 5.10 Å². The van der Waals surface area contributed by atoms with E-state index in [0.717, 1.165) is 18.5 Å². The Balaban J connectivity index is 1.38. The molecule has 2 unspecified atom stereocenters. The summed E-state index contributed by atoms with van der Waals surface area (Å²) in [5, 5.41) is 18.7. The summed E-state index contributed by atoms with van der Waals surface area (Å²) in [4.78, 5) is 25.6. The number of amides is 2. The molecule has 1 aromatic carbocycles. The second-order valence-corrected chi connectivity index (χ2v) is 10.7. The smallest absolute Gasteiger partial charge is 0.275 e. The summed E-state index contributed by atoms with van der Waals surface area (Å²) in [7, 11) is 0. The molecule has 0 radical (unpaired) electrons. The monoisotopic (exact) mass is 492 g/mol. The molecular weight excluding hydrogens is 464 g/mol. The molecule has 3 heterocycles. The van der Waals surface area contributed by atoms with Gasteiger partial charge in [0.05, 0.1) is 17.6 Å². The first-order chi connectivity index (χ1) is 16.9. The Morgan fingerprint density at radius 1 is 1.26 bits per heavy atom. The summed E-state index contributed by atoms with van der Waals surface area (Å²) in [6, 6.07) is 12.2. The van der Waals surface area contributed by atoms with Crippen molar-refractivity contribution in [2.24, 2.45) is 0 Å². The Labute approximate surface area is 206 Å². The average Bonchev–Trinajstić information content (AvgIpc) is 3.61. The minimum absolute atomic E-state index is 0.0706. The van der Waals surface area contributed by atoms with Crippen LogP contribution in [0.1, 0.15) is 58.1 Å². The summed E-state index contributed by atoms with van der Waals surface area (Å²) in [5.74, 6) is 0.395. The first-order valence-electron chi connectivity index (χ1n) is 11.8. The predicted octanol–water partition coefficient (Wildman–Crippen LogP) is 2.45. The molecule has 0 bridgehead atoms. The van der Waals surface area contributed by atoms with Crippen LogP contribution in [-0.4, -0.2) is 54.4 Å². The van der Waals surface area contributed by atoms with E-state index in [1.54, 1.807) is 12.1 Å². The normalized spacial score (nSPS) is 18.0. The Bertz CT molecular complexity index is 1250. The van der Waals surface area contributed by atoms with Gasteiger partial charge in [0, 0.05) is 12.5 Å². The summed E-state index contributed by atoms with van der Waals surface area (Å²) >= 11 is -1.32. The summed E-state index contributed by atoms with van der Waals surface area (Å²) in [6.07, 6.45) is 6.18. The van der Waals surface area contributed by atoms with E-state index in [4.69, 9.17) is 0 Å². The molecule has 182 valence electrons. The quantitative estimate of drug-likeness (QED) is 0.466. The predicted molar refractivity (Wildman–Crippen MR) is 133 cm³/mol. The lowest BCUT2D eigenvalue weighted by atomic mass is 9.95. The maximum absolute atomic E-state index is 13.2. The Kier molecular flexibility index (Phi) is 6.57. The van der Waals surface area contributed by atoms with E-state index in [1.165, 1.54) is 34.9 Å². The third-order valence-electron chi connectivity index (χ3n) is 6.33. The van der Waals surface area contributed by atoms with Crippen molar-refractivity contribution in [1.82, 2.24) is 25.3 Å². The number of hydrogen-bond donors (Lipinski definition) is 2. The molecule has 2 amide bonds. The van der Waals surface area contributed by atoms with Crippen LogP contribution in [0.2, 0.25) is 0 Å². The van der Waals surface area contributed by atoms with E-state index < -0.39 is 17.1 Å². The van der Waals surface area contributed by atoms with Gasteiger partial charge in [0.1, 0.15) is 5.56 Å². The molecule has 10 heteroatoms. The standard InChI is InChI=1S/C25H28N6O3S/c1-15-6-11-21(29-28-15)31-24(27-22(32)14-35(2)34)23-20(30-31)13-19(26-25(23)33)10-7-16-4-3-5-18(12-16)17-8-9-17/h3-6,11-12,17,19H,7-10,13-14H2,1-2H3,(H,26,33)(H,27,32). The number of benzene rings is 1. The zero-order valence-corrected chi connectivity index (χ0v) is 20.6. The van der Waals surface area contributed by atoms with Crippen LogP contribution in [0, 0.1) is 6.92 Å². The zero-order chi connectivity index (χ0) is 24.5. The fourth-order valence-electron chi connectivity index (χ4n) is 4.46. The number of hydrogen-bond acceptors (Lipinski definition) is 6. The topological polar surface area (TPSA) is 125 Å². The van der Waals surface area contributed by atoms with Crippen molar-refractivity contribution in [3.05, 3.63) is 64.5 Å². The van der Waals surface area contributed by atoms with Crippen LogP contribution in [0.5, 0.6) is 0 Å². The molecular formula is C25H28N6O3S. The van der Waals surface area contributed by atoms with Crippen molar-refractivity contribution in [3.63, 3.8) is 0 Å². The van der Waals surface area contributed by atoms with E-state index >= 15 is 0 Å². The molecule has 0 spiro atoms. The van der Waals surface area contributed by atoms with Crippen molar-refractivity contribution in [3.8, 4) is 5.82 Å². The van der Waals surface area contributed by atoms with Crippen molar-refractivity contribution < 1.29 is 14.1 Å². The fourth-order valence-corrected chi connectivity index (χ4v) is 4.90. The average molecular weight is 493 g/mol. The van der Waals surface area contributed by atoms with E-state index in [1.807, 2.05) is 6.92 Å². The van der Waals surface area contributed by atoms with E-state index in [0.29, 0.717) is 29.4 Å². The zero-order valence-electron chi connectivity index (χ0n) is 19.8. The Morgan fingerprint density at radius 2 is 2.09 bits per heavy atom. The third-order valence-corrected chi connectivity index (χ3v) is 7.00. The van der Waals surface area contributed by atoms with Crippen molar-refractivity contribution >= 4 is 28.8 Å². The van der Waals surface area contributed by atoms with Crippen LogP contribution in [0.4, 0.5) is 5.82 Å². The van der Waals surface area contributed by atoms with Crippen LogP contribution < -0.4 is 10.6 Å². The van der Waals surface area contributed by atoms with Gasteiger partial charge in [-0.1, -0.05) is 24.3 Å².